The van der Waals surface area contributed by atoms with E-state index in [1.807, 2.05) is 0 Å². The highest BCUT2D eigenvalue weighted by molar-refractivity contribution is 6.02. The van der Waals surface area contributed by atoms with Crippen molar-refractivity contribution in [3.63, 3.8) is 0 Å². The molecule has 1 rings (SSSR count). The van der Waals surface area contributed by atoms with Crippen LogP contribution in [0.1, 0.15) is 33.1 Å². The Morgan fingerprint density at radius 3 is 2.05 bits per heavy atom. The summed E-state index contributed by atoms with van der Waals surface area (Å²) in [5, 5.41) is 11.3. The van der Waals surface area contributed by atoms with Gasteiger partial charge in [0.2, 0.25) is 17.7 Å². The molecule has 0 unspecified atom stereocenters. The van der Waals surface area contributed by atoms with Gasteiger partial charge in [0.1, 0.15) is 13.1 Å². The molecule has 3 amide bonds. The number of hydrogen-bond donors (Lipinski definition) is 2. The van der Waals surface area contributed by atoms with E-state index in [0.29, 0.717) is 12.8 Å². The number of rotatable bonds is 5. The van der Waals surface area contributed by atoms with Crippen molar-refractivity contribution < 1.29 is 24.3 Å². The lowest BCUT2D eigenvalue weighted by Crippen LogP contribution is -2.54. The molecular formula is C12H18N2O5. The number of carboxylic acid groups (broad SMARTS) is 1. The molecule has 0 aromatic carbocycles. The Morgan fingerprint density at radius 1 is 1.21 bits per heavy atom. The number of aliphatic carboxylic acids is 1. The van der Waals surface area contributed by atoms with Crippen molar-refractivity contribution in [2.24, 2.45) is 5.41 Å². The van der Waals surface area contributed by atoms with Crippen LogP contribution in [0.25, 0.3) is 0 Å². The quantitative estimate of drug-likeness (QED) is 0.670. The maximum Gasteiger partial charge on any atom is 0.310 e. The van der Waals surface area contributed by atoms with Gasteiger partial charge in [-0.3, -0.25) is 24.5 Å². The van der Waals surface area contributed by atoms with Crippen LogP contribution in [0.4, 0.5) is 0 Å². The number of amides is 3. The molecule has 0 radical (unpaired) electrons. The predicted octanol–water partition coefficient (Wildman–Crippen LogP) is -0.247. The van der Waals surface area contributed by atoms with E-state index >= 15 is 0 Å². The lowest BCUT2D eigenvalue weighted by molar-refractivity contribution is -0.155. The van der Waals surface area contributed by atoms with E-state index in [2.05, 4.69) is 5.32 Å². The summed E-state index contributed by atoms with van der Waals surface area (Å²) in [4.78, 5) is 46.8. The number of carbonyl (C=O) groups is 4. The Kier molecular flexibility index (Phi) is 4.63. The molecule has 0 aromatic heterocycles. The number of imide groups is 1. The Bertz CT molecular complexity index is 398. The average molecular weight is 270 g/mol. The van der Waals surface area contributed by atoms with E-state index in [1.165, 1.54) is 0 Å². The predicted molar refractivity (Wildman–Crippen MR) is 65.0 cm³/mol. The number of nitrogens with zero attached hydrogens (tertiary/aromatic N) is 1. The largest absolute Gasteiger partial charge is 0.481 e. The SMILES string of the molecule is CCC(CC)(CC(=O)N1CC(=O)NC(=O)C1)C(=O)O. The zero-order valence-corrected chi connectivity index (χ0v) is 11.1. The van der Waals surface area contributed by atoms with Gasteiger partial charge in [-0.1, -0.05) is 13.8 Å². The van der Waals surface area contributed by atoms with Crippen LogP contribution in [0.5, 0.6) is 0 Å². The molecule has 1 aliphatic rings. The van der Waals surface area contributed by atoms with E-state index < -0.39 is 29.1 Å². The first-order chi connectivity index (χ1) is 8.84. The summed E-state index contributed by atoms with van der Waals surface area (Å²) in [5.74, 6) is -2.59. The van der Waals surface area contributed by atoms with Gasteiger partial charge in [0.05, 0.1) is 5.41 Å². The van der Waals surface area contributed by atoms with E-state index in [-0.39, 0.29) is 19.5 Å². The standard InChI is InChI=1S/C12H18N2O5/c1-3-12(4-2,11(18)19)5-10(17)14-6-8(15)13-9(16)7-14/h3-7H2,1-2H3,(H,18,19)(H,13,15,16). The molecule has 19 heavy (non-hydrogen) atoms. The first-order valence-corrected chi connectivity index (χ1v) is 6.18. The van der Waals surface area contributed by atoms with Gasteiger partial charge in [-0.05, 0) is 12.8 Å². The summed E-state index contributed by atoms with van der Waals surface area (Å²) >= 11 is 0. The second-order valence-corrected chi connectivity index (χ2v) is 4.69. The number of piperazine rings is 1. The van der Waals surface area contributed by atoms with E-state index in [4.69, 9.17) is 0 Å². The van der Waals surface area contributed by atoms with Crippen LogP contribution in [-0.2, 0) is 19.2 Å². The fourth-order valence-corrected chi connectivity index (χ4v) is 2.09. The summed E-state index contributed by atoms with van der Waals surface area (Å²) in [6.07, 6.45) is 0.438. The van der Waals surface area contributed by atoms with Gasteiger partial charge in [-0.25, -0.2) is 0 Å². The van der Waals surface area contributed by atoms with Crippen LogP contribution in [0.3, 0.4) is 0 Å². The van der Waals surface area contributed by atoms with Crippen LogP contribution in [0.15, 0.2) is 0 Å². The highest BCUT2D eigenvalue weighted by atomic mass is 16.4. The molecule has 106 valence electrons. The lowest BCUT2D eigenvalue weighted by Gasteiger charge is -2.31. The Balaban J connectivity index is 2.80. The van der Waals surface area contributed by atoms with Gasteiger partial charge in [-0.15, -0.1) is 0 Å². The zero-order chi connectivity index (χ0) is 14.6. The molecule has 1 saturated heterocycles. The van der Waals surface area contributed by atoms with Crippen molar-refractivity contribution in [1.82, 2.24) is 10.2 Å². The van der Waals surface area contributed by atoms with Crippen molar-refractivity contribution in [2.75, 3.05) is 13.1 Å². The van der Waals surface area contributed by atoms with E-state index in [0.717, 1.165) is 4.90 Å². The van der Waals surface area contributed by atoms with Crippen molar-refractivity contribution in [3.8, 4) is 0 Å². The second-order valence-electron chi connectivity index (χ2n) is 4.69. The van der Waals surface area contributed by atoms with Crippen LogP contribution < -0.4 is 5.32 Å². The number of carboxylic acids is 1. The molecule has 0 aliphatic carbocycles. The first-order valence-electron chi connectivity index (χ1n) is 6.18. The van der Waals surface area contributed by atoms with Gasteiger partial charge in [-0.2, -0.15) is 0 Å². The molecule has 0 atom stereocenters. The Morgan fingerprint density at radius 2 is 1.68 bits per heavy atom. The molecule has 1 fully saturated rings. The maximum absolute atomic E-state index is 12.1. The third-order valence-corrected chi connectivity index (χ3v) is 3.60. The third-order valence-electron chi connectivity index (χ3n) is 3.60. The summed E-state index contributed by atoms with van der Waals surface area (Å²) in [6, 6.07) is 0. The van der Waals surface area contributed by atoms with E-state index in [9.17, 15) is 24.3 Å². The molecular weight excluding hydrogens is 252 g/mol. The highest BCUT2D eigenvalue weighted by Gasteiger charge is 2.39. The number of hydrogen-bond acceptors (Lipinski definition) is 4. The molecule has 1 aliphatic heterocycles. The Hall–Kier alpha value is -1.92. The van der Waals surface area contributed by atoms with Crippen molar-refractivity contribution >= 4 is 23.7 Å². The maximum atomic E-state index is 12.1. The number of nitrogens with one attached hydrogen (secondary N) is 1. The minimum Gasteiger partial charge on any atom is -0.481 e. The van der Waals surface area contributed by atoms with Crippen LogP contribution >= 0.6 is 0 Å². The van der Waals surface area contributed by atoms with Crippen molar-refractivity contribution in [3.05, 3.63) is 0 Å². The van der Waals surface area contributed by atoms with Crippen molar-refractivity contribution in [1.29, 1.82) is 0 Å². The van der Waals surface area contributed by atoms with E-state index in [1.54, 1.807) is 13.8 Å². The molecule has 1 heterocycles. The fraction of sp³-hybridized carbons (Fsp3) is 0.667. The summed E-state index contributed by atoms with van der Waals surface area (Å²) in [5.41, 5.74) is -1.13. The van der Waals surface area contributed by atoms with Gasteiger partial charge in [0.25, 0.3) is 0 Å². The van der Waals surface area contributed by atoms with Crippen molar-refractivity contribution in [2.45, 2.75) is 33.1 Å². The normalized spacial score (nSPS) is 16.2. The summed E-state index contributed by atoms with van der Waals surface area (Å²) < 4.78 is 0. The van der Waals surface area contributed by atoms with Crippen LogP contribution in [0, 0.1) is 5.41 Å². The van der Waals surface area contributed by atoms with Gasteiger partial charge >= 0.3 is 5.97 Å². The molecule has 7 nitrogen and oxygen atoms in total. The monoisotopic (exact) mass is 270 g/mol. The van der Waals surface area contributed by atoms with Gasteiger partial charge in [0, 0.05) is 6.42 Å². The molecule has 0 aromatic rings. The first kappa shape index (κ1) is 15.1. The molecule has 0 spiro atoms. The van der Waals surface area contributed by atoms with Crippen LogP contribution in [-0.4, -0.2) is 46.8 Å². The Labute approximate surface area is 110 Å². The zero-order valence-electron chi connectivity index (χ0n) is 11.1. The molecule has 7 heteroatoms. The smallest absolute Gasteiger partial charge is 0.310 e. The minimum absolute atomic E-state index is 0.199. The molecule has 2 N–H and O–H groups in total. The van der Waals surface area contributed by atoms with Gasteiger partial charge < -0.3 is 10.0 Å². The molecule has 0 bridgehead atoms. The second kappa shape index (κ2) is 5.81. The summed E-state index contributed by atoms with van der Waals surface area (Å²) in [7, 11) is 0. The highest BCUT2D eigenvalue weighted by Crippen LogP contribution is 2.31. The molecule has 0 saturated carbocycles. The lowest BCUT2D eigenvalue weighted by atomic mass is 9.79. The van der Waals surface area contributed by atoms with Crippen LogP contribution in [0.2, 0.25) is 0 Å². The topological polar surface area (TPSA) is 104 Å². The minimum atomic E-state index is -1.13. The number of carbonyl (C=O) groups excluding carboxylic acids is 3. The fourth-order valence-electron chi connectivity index (χ4n) is 2.09. The van der Waals surface area contributed by atoms with Gasteiger partial charge in [0.15, 0.2) is 0 Å². The third kappa shape index (κ3) is 3.30. The average Bonchev–Trinajstić information content (AvgIpc) is 2.34. The summed E-state index contributed by atoms with van der Waals surface area (Å²) in [6.45, 7) is 3.01.